The number of carbonyl (C=O) groups is 1. The van der Waals surface area contributed by atoms with Crippen LogP contribution in [-0.4, -0.2) is 41.9 Å². The first-order chi connectivity index (χ1) is 8.28. The molecule has 1 fully saturated rings. The van der Waals surface area contributed by atoms with E-state index in [9.17, 15) is 23.1 Å². The lowest BCUT2D eigenvalue weighted by Gasteiger charge is -2.31. The number of hydrogen-bond acceptors (Lipinski definition) is 3. The number of rotatable bonds is 5. The van der Waals surface area contributed by atoms with Crippen molar-refractivity contribution in [1.82, 2.24) is 10.6 Å². The molecule has 3 N–H and O–H groups in total. The lowest BCUT2D eigenvalue weighted by atomic mass is 9.97. The van der Waals surface area contributed by atoms with Gasteiger partial charge < -0.3 is 10.4 Å². The molecular weight excluding hydrogens is 249 g/mol. The van der Waals surface area contributed by atoms with Crippen molar-refractivity contribution < 1.29 is 23.1 Å². The van der Waals surface area contributed by atoms with E-state index in [1.807, 2.05) is 5.32 Å². The summed E-state index contributed by atoms with van der Waals surface area (Å²) < 4.78 is 35.9. The normalized spacial score (nSPS) is 20.7. The number of nitrogens with one attached hydrogen (secondary N) is 2. The van der Waals surface area contributed by atoms with E-state index in [1.165, 1.54) is 6.92 Å². The molecule has 0 aromatic heterocycles. The highest BCUT2D eigenvalue weighted by Crippen LogP contribution is 2.29. The molecule has 0 bridgehead atoms. The second-order valence-corrected chi connectivity index (χ2v) is 4.84. The molecule has 0 aliphatic heterocycles. The Kier molecular flexibility index (Phi) is 4.98. The Bertz CT molecular complexity index is 289. The summed E-state index contributed by atoms with van der Waals surface area (Å²) >= 11 is 0. The highest BCUT2D eigenvalue weighted by molar-refractivity contribution is 5.81. The van der Waals surface area contributed by atoms with Gasteiger partial charge in [-0.25, -0.2) is 0 Å². The van der Waals surface area contributed by atoms with Crippen LogP contribution in [0.25, 0.3) is 0 Å². The Morgan fingerprint density at radius 2 is 1.94 bits per heavy atom. The molecular formula is C11H19F3N2O2. The predicted octanol–water partition coefficient (Wildman–Crippen LogP) is 0.948. The first kappa shape index (κ1) is 15.2. The van der Waals surface area contributed by atoms with Crippen molar-refractivity contribution in [1.29, 1.82) is 0 Å². The van der Waals surface area contributed by atoms with Crippen LogP contribution in [0.3, 0.4) is 0 Å². The lowest BCUT2D eigenvalue weighted by Crippen LogP contribution is -2.55. The van der Waals surface area contributed by atoms with Gasteiger partial charge in [-0.05, 0) is 19.8 Å². The predicted molar refractivity (Wildman–Crippen MR) is 59.9 cm³/mol. The average molecular weight is 268 g/mol. The van der Waals surface area contributed by atoms with Gasteiger partial charge in [0.05, 0.1) is 12.6 Å². The Labute approximate surface area is 104 Å². The third-order valence-corrected chi connectivity index (χ3v) is 3.24. The maximum Gasteiger partial charge on any atom is 0.405 e. The van der Waals surface area contributed by atoms with Gasteiger partial charge >= 0.3 is 6.18 Å². The molecule has 0 aromatic carbocycles. The summed E-state index contributed by atoms with van der Waals surface area (Å²) in [4.78, 5) is 11.5. The molecule has 1 saturated carbocycles. The van der Waals surface area contributed by atoms with Crippen molar-refractivity contribution in [2.24, 2.45) is 0 Å². The minimum absolute atomic E-state index is 0.107. The molecule has 1 aliphatic rings. The van der Waals surface area contributed by atoms with Gasteiger partial charge in [-0.3, -0.25) is 10.1 Å². The molecule has 1 rings (SSSR count). The average Bonchev–Trinajstić information content (AvgIpc) is 2.74. The van der Waals surface area contributed by atoms with Crippen LogP contribution in [0.15, 0.2) is 0 Å². The smallest absolute Gasteiger partial charge is 0.394 e. The van der Waals surface area contributed by atoms with E-state index in [2.05, 4.69) is 5.32 Å². The minimum atomic E-state index is -4.41. The maximum absolute atomic E-state index is 12.0. The molecule has 106 valence electrons. The Hall–Kier alpha value is -0.820. The van der Waals surface area contributed by atoms with Gasteiger partial charge in [0.1, 0.15) is 6.54 Å². The summed E-state index contributed by atoms with van der Waals surface area (Å²) in [5.41, 5.74) is -0.519. The zero-order valence-corrected chi connectivity index (χ0v) is 10.3. The van der Waals surface area contributed by atoms with Gasteiger partial charge in [-0.2, -0.15) is 13.2 Å². The lowest BCUT2D eigenvalue weighted by molar-refractivity contribution is -0.139. The van der Waals surface area contributed by atoms with Crippen LogP contribution in [0.1, 0.15) is 32.6 Å². The van der Waals surface area contributed by atoms with Crippen LogP contribution in [0, 0.1) is 0 Å². The maximum atomic E-state index is 12.0. The minimum Gasteiger partial charge on any atom is -0.394 e. The van der Waals surface area contributed by atoms with Crippen molar-refractivity contribution in [3.63, 3.8) is 0 Å². The topological polar surface area (TPSA) is 61.4 Å². The zero-order chi connectivity index (χ0) is 13.8. The van der Waals surface area contributed by atoms with E-state index in [-0.39, 0.29) is 6.61 Å². The van der Waals surface area contributed by atoms with Crippen LogP contribution in [0.5, 0.6) is 0 Å². The number of aliphatic hydroxyl groups excluding tert-OH is 1. The molecule has 1 unspecified atom stereocenters. The Morgan fingerprint density at radius 1 is 1.39 bits per heavy atom. The Balaban J connectivity index is 2.44. The molecule has 1 aliphatic carbocycles. The van der Waals surface area contributed by atoms with E-state index >= 15 is 0 Å². The van der Waals surface area contributed by atoms with Gasteiger partial charge in [0.25, 0.3) is 0 Å². The third-order valence-electron chi connectivity index (χ3n) is 3.24. The van der Waals surface area contributed by atoms with Gasteiger partial charge in [0.15, 0.2) is 0 Å². The molecule has 0 heterocycles. The largest absolute Gasteiger partial charge is 0.405 e. The summed E-state index contributed by atoms with van der Waals surface area (Å²) in [5, 5.41) is 14.1. The fraction of sp³-hybridized carbons (Fsp3) is 0.909. The summed E-state index contributed by atoms with van der Waals surface area (Å²) in [6.45, 7) is 0.0648. The molecule has 0 aromatic rings. The van der Waals surface area contributed by atoms with Crippen molar-refractivity contribution in [2.75, 3.05) is 13.2 Å². The fourth-order valence-electron chi connectivity index (χ4n) is 2.27. The molecule has 0 saturated heterocycles. The first-order valence-electron chi connectivity index (χ1n) is 6.01. The van der Waals surface area contributed by atoms with Gasteiger partial charge in [0, 0.05) is 5.54 Å². The SMILES string of the molecule is CC(NC1(CO)CCCC1)C(=O)NCC(F)(F)F. The van der Waals surface area contributed by atoms with Gasteiger partial charge in [-0.1, -0.05) is 12.8 Å². The summed E-state index contributed by atoms with van der Waals surface area (Å²) in [5.74, 6) is -0.702. The first-order valence-corrected chi connectivity index (χ1v) is 6.01. The molecule has 7 heteroatoms. The van der Waals surface area contributed by atoms with Crippen LogP contribution >= 0.6 is 0 Å². The Morgan fingerprint density at radius 3 is 2.39 bits per heavy atom. The number of hydrogen-bond donors (Lipinski definition) is 3. The van der Waals surface area contributed by atoms with Crippen LogP contribution in [-0.2, 0) is 4.79 Å². The van der Waals surface area contributed by atoms with Crippen molar-refractivity contribution in [2.45, 2.75) is 50.4 Å². The van der Waals surface area contributed by atoms with Gasteiger partial charge in [0.2, 0.25) is 5.91 Å². The van der Waals surface area contributed by atoms with Crippen LogP contribution in [0.2, 0.25) is 0 Å². The monoisotopic (exact) mass is 268 g/mol. The molecule has 4 nitrogen and oxygen atoms in total. The summed E-state index contributed by atoms with van der Waals surface area (Å²) in [6.07, 6.45) is -1.03. The number of amides is 1. The molecule has 0 spiro atoms. The van der Waals surface area contributed by atoms with Crippen molar-refractivity contribution >= 4 is 5.91 Å². The quantitative estimate of drug-likeness (QED) is 0.695. The number of halogens is 3. The highest BCUT2D eigenvalue weighted by Gasteiger charge is 2.36. The summed E-state index contributed by atoms with van der Waals surface area (Å²) in [6, 6.07) is -0.752. The molecule has 0 radical (unpaired) electrons. The summed E-state index contributed by atoms with van der Waals surface area (Å²) in [7, 11) is 0. The highest BCUT2D eigenvalue weighted by atomic mass is 19.4. The van der Waals surface area contributed by atoms with E-state index in [0.717, 1.165) is 25.7 Å². The number of aliphatic hydroxyl groups is 1. The molecule has 1 atom stereocenters. The van der Waals surface area contributed by atoms with Crippen molar-refractivity contribution in [3.8, 4) is 0 Å². The zero-order valence-electron chi connectivity index (χ0n) is 10.3. The van der Waals surface area contributed by atoms with E-state index in [0.29, 0.717) is 0 Å². The van der Waals surface area contributed by atoms with E-state index in [4.69, 9.17) is 0 Å². The van der Waals surface area contributed by atoms with Crippen LogP contribution in [0.4, 0.5) is 13.2 Å². The molecule has 1 amide bonds. The van der Waals surface area contributed by atoms with Gasteiger partial charge in [-0.15, -0.1) is 0 Å². The number of alkyl halides is 3. The standard InChI is InChI=1S/C11H19F3N2O2/c1-8(9(18)15-6-11(12,13)14)16-10(7-17)4-2-3-5-10/h8,16-17H,2-7H2,1H3,(H,15,18). The fourth-order valence-corrected chi connectivity index (χ4v) is 2.27. The van der Waals surface area contributed by atoms with Crippen LogP contribution < -0.4 is 10.6 Å². The van der Waals surface area contributed by atoms with E-state index < -0.39 is 30.2 Å². The second-order valence-electron chi connectivity index (χ2n) is 4.84. The van der Waals surface area contributed by atoms with Crippen molar-refractivity contribution in [3.05, 3.63) is 0 Å². The number of carbonyl (C=O) groups excluding carboxylic acids is 1. The molecule has 18 heavy (non-hydrogen) atoms. The van der Waals surface area contributed by atoms with E-state index in [1.54, 1.807) is 0 Å². The third kappa shape index (κ3) is 4.45. The second kappa shape index (κ2) is 5.88.